The minimum absolute atomic E-state index is 0.0607. The largest absolute Gasteiger partial charge is 0.350 e. The number of thioether (sulfide) groups is 1. The molecule has 1 saturated carbocycles. The second-order valence-corrected chi connectivity index (χ2v) is 9.22. The lowest BCUT2D eigenvalue weighted by Gasteiger charge is -2.24. The van der Waals surface area contributed by atoms with Gasteiger partial charge < -0.3 is 10.2 Å². The third-order valence-corrected chi connectivity index (χ3v) is 6.84. The predicted octanol–water partition coefficient (Wildman–Crippen LogP) is 4.90. The van der Waals surface area contributed by atoms with Crippen molar-refractivity contribution < 1.29 is 4.79 Å². The third-order valence-electron chi connectivity index (χ3n) is 5.02. The molecule has 2 unspecified atom stereocenters. The van der Waals surface area contributed by atoms with Crippen molar-refractivity contribution in [3.05, 3.63) is 28.7 Å². The van der Waals surface area contributed by atoms with Gasteiger partial charge in [-0.1, -0.05) is 53.9 Å². The van der Waals surface area contributed by atoms with Gasteiger partial charge in [-0.05, 0) is 37.1 Å². The number of amides is 1. The predicted molar refractivity (Wildman–Crippen MR) is 110 cm³/mol. The Balaban J connectivity index is 1.59. The van der Waals surface area contributed by atoms with Gasteiger partial charge in [0.2, 0.25) is 5.91 Å². The van der Waals surface area contributed by atoms with E-state index in [0.717, 1.165) is 15.3 Å². The van der Waals surface area contributed by atoms with Gasteiger partial charge in [0.1, 0.15) is 0 Å². The van der Waals surface area contributed by atoms with Crippen LogP contribution in [0.2, 0.25) is 0 Å². The van der Waals surface area contributed by atoms with Crippen LogP contribution in [0.15, 0.2) is 33.7 Å². The maximum atomic E-state index is 12.4. The van der Waals surface area contributed by atoms with Gasteiger partial charge in [-0.3, -0.25) is 9.79 Å². The zero-order valence-corrected chi connectivity index (χ0v) is 17.3. The monoisotopic (exact) mass is 423 g/mol. The lowest BCUT2D eigenvalue weighted by atomic mass is 9.96. The maximum absolute atomic E-state index is 12.4. The number of carbonyl (C=O) groups is 1. The van der Waals surface area contributed by atoms with Crippen molar-refractivity contribution in [2.75, 3.05) is 12.4 Å². The van der Waals surface area contributed by atoms with Crippen LogP contribution < -0.4 is 5.32 Å². The van der Waals surface area contributed by atoms with Crippen LogP contribution in [0.3, 0.4) is 0 Å². The number of nitrogens with zero attached hydrogens (tertiary/aromatic N) is 2. The molecule has 6 heteroatoms. The van der Waals surface area contributed by atoms with Crippen LogP contribution in [0.25, 0.3) is 0 Å². The van der Waals surface area contributed by atoms with Crippen molar-refractivity contribution in [3.63, 3.8) is 0 Å². The molecule has 0 radical (unpaired) electrons. The average molecular weight is 424 g/mol. The molecule has 0 bridgehead atoms. The second kappa shape index (κ2) is 8.58. The fourth-order valence-electron chi connectivity index (χ4n) is 3.51. The average Bonchev–Trinajstić information content (AvgIpc) is 2.85. The highest BCUT2D eigenvalue weighted by Crippen LogP contribution is 2.34. The van der Waals surface area contributed by atoms with Crippen LogP contribution in [-0.2, 0) is 4.79 Å². The molecule has 3 rings (SSSR count). The van der Waals surface area contributed by atoms with E-state index in [1.54, 1.807) is 0 Å². The number of rotatable bonds is 4. The van der Waals surface area contributed by atoms with Gasteiger partial charge >= 0.3 is 0 Å². The minimum atomic E-state index is 0.0607. The smallest absolute Gasteiger partial charge is 0.226 e. The van der Waals surface area contributed by atoms with E-state index in [4.69, 9.17) is 4.99 Å². The fourth-order valence-corrected chi connectivity index (χ4v) is 5.05. The second-order valence-electron chi connectivity index (χ2n) is 6.96. The number of aliphatic imine (C=N–C) groups is 1. The van der Waals surface area contributed by atoms with E-state index in [2.05, 4.69) is 40.1 Å². The Hall–Kier alpha value is -1.01. The highest BCUT2D eigenvalue weighted by atomic mass is 79.9. The summed E-state index contributed by atoms with van der Waals surface area (Å²) in [7, 11) is 2.08. The van der Waals surface area contributed by atoms with Crippen molar-refractivity contribution in [3.8, 4) is 0 Å². The Bertz CT molecular complexity index is 628. The molecule has 1 aliphatic heterocycles. The zero-order chi connectivity index (χ0) is 17.8. The summed E-state index contributed by atoms with van der Waals surface area (Å²) in [4.78, 5) is 19.6. The molecule has 25 heavy (non-hydrogen) atoms. The summed E-state index contributed by atoms with van der Waals surface area (Å²) >= 11 is 5.23. The molecule has 1 aromatic carbocycles. The van der Waals surface area contributed by atoms with E-state index in [1.165, 1.54) is 32.1 Å². The van der Waals surface area contributed by atoms with Gasteiger partial charge in [0.15, 0.2) is 5.17 Å². The number of carbonyl (C=O) groups excluding carboxylic acids is 1. The molecule has 1 heterocycles. The van der Waals surface area contributed by atoms with Gasteiger partial charge in [-0.15, -0.1) is 0 Å². The molecule has 1 saturated heterocycles. The van der Waals surface area contributed by atoms with Crippen molar-refractivity contribution in [2.45, 2.75) is 62.8 Å². The summed E-state index contributed by atoms with van der Waals surface area (Å²) < 4.78 is 1.01. The van der Waals surface area contributed by atoms with E-state index in [0.29, 0.717) is 17.7 Å². The molecule has 0 spiro atoms. The summed E-state index contributed by atoms with van der Waals surface area (Å²) in [5.41, 5.74) is 0.838. The molecule has 136 valence electrons. The van der Waals surface area contributed by atoms with Crippen LogP contribution in [0.1, 0.15) is 45.4 Å². The molecule has 2 fully saturated rings. The first kappa shape index (κ1) is 18.8. The Kier molecular flexibility index (Phi) is 6.44. The molecule has 2 atom stereocenters. The SMILES string of the molecule is CC1SC(=NC2CCCCC2)N(C)C1CC(=O)Nc1ccc(Br)cc1. The molecular weight excluding hydrogens is 398 g/mol. The van der Waals surface area contributed by atoms with Crippen LogP contribution >= 0.6 is 27.7 Å². The summed E-state index contributed by atoms with van der Waals surface area (Å²) in [6, 6.07) is 8.36. The quantitative estimate of drug-likeness (QED) is 0.748. The molecule has 1 aliphatic carbocycles. The number of amidine groups is 1. The third kappa shape index (κ3) is 5.00. The zero-order valence-electron chi connectivity index (χ0n) is 14.9. The van der Waals surface area contributed by atoms with Crippen molar-refractivity contribution in [1.29, 1.82) is 0 Å². The minimum Gasteiger partial charge on any atom is -0.350 e. The molecule has 1 aromatic rings. The van der Waals surface area contributed by atoms with Crippen LogP contribution in [-0.4, -0.2) is 40.4 Å². The van der Waals surface area contributed by atoms with E-state index in [-0.39, 0.29) is 11.9 Å². The molecule has 1 amide bonds. The normalized spacial score (nSPS) is 26.2. The first-order valence-corrected chi connectivity index (χ1v) is 10.7. The Morgan fingerprint density at radius 1 is 1.28 bits per heavy atom. The Morgan fingerprint density at radius 3 is 2.64 bits per heavy atom. The Labute approximate surface area is 163 Å². The van der Waals surface area contributed by atoms with Crippen molar-refractivity contribution >= 4 is 44.5 Å². The van der Waals surface area contributed by atoms with Gasteiger partial charge in [-0.2, -0.15) is 0 Å². The van der Waals surface area contributed by atoms with Gasteiger partial charge in [0.05, 0.1) is 12.1 Å². The summed E-state index contributed by atoms with van der Waals surface area (Å²) in [6.07, 6.45) is 6.85. The van der Waals surface area contributed by atoms with E-state index < -0.39 is 0 Å². The number of benzene rings is 1. The molecule has 0 aromatic heterocycles. The lowest BCUT2D eigenvalue weighted by Crippen LogP contribution is -2.36. The fraction of sp³-hybridized carbons (Fsp3) is 0.579. The van der Waals surface area contributed by atoms with Crippen LogP contribution in [0.5, 0.6) is 0 Å². The maximum Gasteiger partial charge on any atom is 0.226 e. The number of anilines is 1. The van der Waals surface area contributed by atoms with Gasteiger partial charge in [0, 0.05) is 28.9 Å². The number of nitrogens with one attached hydrogen (secondary N) is 1. The van der Waals surface area contributed by atoms with Crippen LogP contribution in [0, 0.1) is 0 Å². The van der Waals surface area contributed by atoms with Crippen LogP contribution in [0.4, 0.5) is 5.69 Å². The molecule has 4 nitrogen and oxygen atoms in total. The number of halogens is 1. The van der Waals surface area contributed by atoms with E-state index in [1.807, 2.05) is 36.0 Å². The molecular formula is C19H26BrN3OS. The summed E-state index contributed by atoms with van der Waals surface area (Å²) in [6.45, 7) is 2.20. The van der Waals surface area contributed by atoms with Gasteiger partial charge in [-0.25, -0.2) is 0 Å². The standard InChI is InChI=1S/C19H26BrN3OS/c1-13-17(12-18(24)21-16-10-8-14(20)9-11-16)23(2)19(25-13)22-15-6-4-3-5-7-15/h8-11,13,15,17H,3-7,12H2,1-2H3,(H,21,24). The van der Waals surface area contributed by atoms with E-state index >= 15 is 0 Å². The summed E-state index contributed by atoms with van der Waals surface area (Å²) in [5, 5.41) is 4.49. The molecule has 1 N–H and O–H groups in total. The van der Waals surface area contributed by atoms with Crippen molar-refractivity contribution in [2.24, 2.45) is 4.99 Å². The molecule has 2 aliphatic rings. The van der Waals surface area contributed by atoms with Crippen molar-refractivity contribution in [1.82, 2.24) is 4.90 Å². The topological polar surface area (TPSA) is 44.7 Å². The first-order chi connectivity index (χ1) is 12.0. The first-order valence-electron chi connectivity index (χ1n) is 9.05. The number of hydrogen-bond donors (Lipinski definition) is 1. The van der Waals surface area contributed by atoms with Gasteiger partial charge in [0.25, 0.3) is 0 Å². The lowest BCUT2D eigenvalue weighted by molar-refractivity contribution is -0.117. The Morgan fingerprint density at radius 2 is 1.96 bits per heavy atom. The highest BCUT2D eigenvalue weighted by molar-refractivity contribution is 9.10. The van der Waals surface area contributed by atoms with E-state index in [9.17, 15) is 4.79 Å². The highest BCUT2D eigenvalue weighted by Gasteiger charge is 2.35. The number of hydrogen-bond acceptors (Lipinski definition) is 3. The summed E-state index contributed by atoms with van der Waals surface area (Å²) in [5.74, 6) is 0.0607.